The van der Waals surface area contributed by atoms with Gasteiger partial charge in [0.2, 0.25) is 5.65 Å². The van der Waals surface area contributed by atoms with Gasteiger partial charge in [0.25, 0.3) is 5.56 Å². The first-order chi connectivity index (χ1) is 13.9. The molecule has 8 heteroatoms. The Kier molecular flexibility index (Phi) is 4.66. The van der Waals surface area contributed by atoms with E-state index in [0.29, 0.717) is 30.1 Å². The second kappa shape index (κ2) is 7.04. The van der Waals surface area contributed by atoms with E-state index in [9.17, 15) is 9.59 Å². The van der Waals surface area contributed by atoms with Gasteiger partial charge in [-0.1, -0.05) is 19.9 Å². The molecule has 3 aromatic rings. The fraction of sp³-hybridized carbons (Fsp3) is 0.381. The van der Waals surface area contributed by atoms with Gasteiger partial charge in [-0.15, -0.1) is 0 Å². The predicted molar refractivity (Wildman–Crippen MR) is 113 cm³/mol. The summed E-state index contributed by atoms with van der Waals surface area (Å²) in [5, 5.41) is 2.99. The maximum absolute atomic E-state index is 12.7. The van der Waals surface area contributed by atoms with Crippen molar-refractivity contribution in [1.29, 1.82) is 0 Å². The van der Waals surface area contributed by atoms with Gasteiger partial charge >= 0.3 is 6.03 Å². The maximum Gasteiger partial charge on any atom is 0.321 e. The lowest BCUT2D eigenvalue weighted by atomic mass is 9.93. The van der Waals surface area contributed by atoms with Crippen molar-refractivity contribution in [1.82, 2.24) is 19.3 Å². The molecule has 4 N–H and O–H groups in total. The highest BCUT2D eigenvalue weighted by Gasteiger charge is 2.40. The minimum Gasteiger partial charge on any atom is -0.325 e. The van der Waals surface area contributed by atoms with E-state index >= 15 is 0 Å². The Bertz CT molecular complexity index is 1140. The molecule has 4 rings (SSSR count). The fourth-order valence-corrected chi connectivity index (χ4v) is 4.16. The van der Waals surface area contributed by atoms with Crippen molar-refractivity contribution in [2.75, 3.05) is 18.4 Å². The highest BCUT2D eigenvalue weighted by atomic mass is 16.2. The molecule has 1 atom stereocenters. The summed E-state index contributed by atoms with van der Waals surface area (Å²) in [5.74, 6) is 0. The third-order valence-corrected chi connectivity index (χ3v) is 5.43. The summed E-state index contributed by atoms with van der Waals surface area (Å²) in [6.07, 6.45) is 5.15. The van der Waals surface area contributed by atoms with E-state index in [1.807, 2.05) is 30.0 Å². The molecule has 0 radical (unpaired) electrons. The molecule has 2 amide bonds. The Labute approximate surface area is 168 Å². The molecule has 0 spiro atoms. The molecule has 2 aromatic heterocycles. The highest BCUT2D eigenvalue weighted by molar-refractivity contribution is 5.90. The number of H-pyrrole nitrogens is 1. The lowest BCUT2D eigenvalue weighted by Gasteiger charge is -2.24. The Hall–Kier alpha value is -3.13. The lowest BCUT2D eigenvalue weighted by Crippen LogP contribution is -2.36. The Balaban J connectivity index is 1.74. The first kappa shape index (κ1) is 19.2. The number of carbonyl (C=O) groups is 1. The number of hydrogen-bond donors (Lipinski definition) is 3. The summed E-state index contributed by atoms with van der Waals surface area (Å²) in [5.41, 5.74) is 9.80. The van der Waals surface area contributed by atoms with Crippen LogP contribution in [-0.4, -0.2) is 38.4 Å². The van der Waals surface area contributed by atoms with Crippen molar-refractivity contribution >= 4 is 17.4 Å². The predicted octanol–water partition coefficient (Wildman–Crippen LogP) is 2.88. The average Bonchev–Trinajstić information content (AvgIpc) is 3.24. The summed E-state index contributed by atoms with van der Waals surface area (Å²) in [4.78, 5) is 33.9. The number of nitrogens with two attached hydrogens (primary N) is 1. The van der Waals surface area contributed by atoms with E-state index in [1.165, 1.54) is 0 Å². The van der Waals surface area contributed by atoms with Crippen LogP contribution in [0.5, 0.6) is 0 Å². The van der Waals surface area contributed by atoms with Gasteiger partial charge in [0.1, 0.15) is 0 Å². The second-order valence-electron chi connectivity index (χ2n) is 7.68. The number of fused-ring (bicyclic) bond motifs is 5. The molecule has 1 aliphatic rings. The standard InChI is InChI=1S/C21H26N6O2/c1-4-9-26(10-5-2)20(29)24-13-6-7-14-15(12-13)21(3,22)17-16(14)25-19(28)18-23-8-11-27(17)18/h6-8,11-12H,4-5,9-10,22H2,1-3H3,(H,24,29)(H,25,28)/t21-/m0/s1. The van der Waals surface area contributed by atoms with E-state index in [-0.39, 0.29) is 11.6 Å². The number of anilines is 1. The SMILES string of the molecule is CCCN(CCC)C(=O)Nc1ccc2c(c1)[C@](C)(N)c1c-2[nH]c(=O)c2nccn12. The van der Waals surface area contributed by atoms with Crippen LogP contribution < -0.4 is 16.6 Å². The molecular formula is C21H26N6O2. The Morgan fingerprint density at radius 2 is 2.03 bits per heavy atom. The van der Waals surface area contributed by atoms with Gasteiger partial charge in [-0.05, 0) is 37.5 Å². The van der Waals surface area contributed by atoms with Crippen LogP contribution in [0.1, 0.15) is 44.9 Å². The fourth-order valence-electron chi connectivity index (χ4n) is 4.16. The zero-order valence-electron chi connectivity index (χ0n) is 17.0. The van der Waals surface area contributed by atoms with Crippen LogP contribution >= 0.6 is 0 Å². The highest BCUT2D eigenvalue weighted by Crippen LogP contribution is 2.45. The number of nitrogens with one attached hydrogen (secondary N) is 2. The number of rotatable bonds is 5. The van der Waals surface area contributed by atoms with Crippen LogP contribution in [0.25, 0.3) is 16.9 Å². The molecule has 2 heterocycles. The van der Waals surface area contributed by atoms with Crippen LogP contribution in [0.15, 0.2) is 35.4 Å². The number of urea groups is 1. The van der Waals surface area contributed by atoms with Gasteiger partial charge in [-0.25, -0.2) is 9.78 Å². The average molecular weight is 394 g/mol. The normalized spacial score (nSPS) is 17.2. The molecule has 0 fully saturated rings. The van der Waals surface area contributed by atoms with Crippen LogP contribution in [0, 0.1) is 0 Å². The van der Waals surface area contributed by atoms with Crippen molar-refractivity contribution in [3.63, 3.8) is 0 Å². The molecule has 0 bridgehead atoms. The quantitative estimate of drug-likeness (QED) is 0.618. The van der Waals surface area contributed by atoms with Crippen molar-refractivity contribution in [2.24, 2.45) is 5.73 Å². The number of imidazole rings is 1. The molecule has 8 nitrogen and oxygen atoms in total. The number of aromatic amines is 1. The minimum absolute atomic E-state index is 0.117. The van der Waals surface area contributed by atoms with Crippen LogP contribution in [0.4, 0.5) is 10.5 Å². The van der Waals surface area contributed by atoms with E-state index in [4.69, 9.17) is 5.73 Å². The van der Waals surface area contributed by atoms with Crippen molar-refractivity contribution in [3.05, 3.63) is 52.2 Å². The van der Waals surface area contributed by atoms with Gasteiger partial charge in [0.05, 0.1) is 16.9 Å². The minimum atomic E-state index is -0.846. The molecule has 1 aromatic carbocycles. The van der Waals surface area contributed by atoms with Gasteiger partial charge in [-0.2, -0.15) is 0 Å². The van der Waals surface area contributed by atoms with Crippen LogP contribution in [0.2, 0.25) is 0 Å². The van der Waals surface area contributed by atoms with Gasteiger partial charge in [0, 0.05) is 36.7 Å². The molecule has 0 saturated carbocycles. The summed E-state index contributed by atoms with van der Waals surface area (Å²) >= 11 is 0. The van der Waals surface area contributed by atoms with Crippen molar-refractivity contribution in [3.8, 4) is 11.3 Å². The van der Waals surface area contributed by atoms with Crippen molar-refractivity contribution < 1.29 is 4.79 Å². The molecular weight excluding hydrogens is 368 g/mol. The second-order valence-corrected chi connectivity index (χ2v) is 7.68. The molecule has 1 aliphatic carbocycles. The largest absolute Gasteiger partial charge is 0.325 e. The number of benzene rings is 1. The third-order valence-electron chi connectivity index (χ3n) is 5.43. The van der Waals surface area contributed by atoms with Crippen molar-refractivity contribution in [2.45, 2.75) is 39.2 Å². The van der Waals surface area contributed by atoms with E-state index in [2.05, 4.69) is 29.1 Å². The van der Waals surface area contributed by atoms with Crippen LogP contribution in [-0.2, 0) is 5.54 Å². The smallest absolute Gasteiger partial charge is 0.321 e. The zero-order chi connectivity index (χ0) is 20.8. The third kappa shape index (κ3) is 3.00. The van der Waals surface area contributed by atoms with Gasteiger partial charge in [0.15, 0.2) is 0 Å². The van der Waals surface area contributed by atoms with Gasteiger partial charge in [-0.3, -0.25) is 9.20 Å². The monoisotopic (exact) mass is 394 g/mol. The summed E-state index contributed by atoms with van der Waals surface area (Å²) in [6, 6.07) is 5.51. The summed E-state index contributed by atoms with van der Waals surface area (Å²) in [6.45, 7) is 7.44. The molecule has 29 heavy (non-hydrogen) atoms. The van der Waals surface area contributed by atoms with E-state index in [0.717, 1.165) is 29.7 Å². The number of carbonyl (C=O) groups excluding carboxylic acids is 1. The van der Waals surface area contributed by atoms with E-state index < -0.39 is 5.54 Å². The lowest BCUT2D eigenvalue weighted by molar-refractivity contribution is 0.211. The van der Waals surface area contributed by atoms with Crippen LogP contribution in [0.3, 0.4) is 0 Å². The van der Waals surface area contributed by atoms with Gasteiger partial charge < -0.3 is 20.9 Å². The summed E-state index contributed by atoms with van der Waals surface area (Å²) in [7, 11) is 0. The first-order valence-electron chi connectivity index (χ1n) is 9.98. The molecule has 0 unspecified atom stereocenters. The molecule has 0 saturated heterocycles. The van der Waals surface area contributed by atoms with E-state index in [1.54, 1.807) is 16.8 Å². The number of amides is 2. The molecule has 152 valence electrons. The number of hydrogen-bond acceptors (Lipinski definition) is 4. The summed E-state index contributed by atoms with van der Waals surface area (Å²) < 4.78 is 1.75. The number of aromatic nitrogens is 3. The number of nitrogens with zero attached hydrogens (tertiary/aromatic N) is 3. The topological polar surface area (TPSA) is 109 Å². The Morgan fingerprint density at radius 1 is 1.31 bits per heavy atom. The first-order valence-corrected chi connectivity index (χ1v) is 9.98. The zero-order valence-corrected chi connectivity index (χ0v) is 17.0. The molecule has 0 aliphatic heterocycles. The maximum atomic E-state index is 12.7. The Morgan fingerprint density at radius 3 is 2.72 bits per heavy atom.